The predicted molar refractivity (Wildman–Crippen MR) is 78.9 cm³/mol. The molecule has 1 N–H and O–H groups in total. The lowest BCUT2D eigenvalue weighted by Crippen LogP contribution is -2.44. The molecular weight excluding hydrogens is 220 g/mol. The van der Waals surface area contributed by atoms with Crippen LogP contribution in [-0.4, -0.2) is 36.6 Å². The van der Waals surface area contributed by atoms with Gasteiger partial charge in [-0.25, -0.2) is 0 Å². The summed E-state index contributed by atoms with van der Waals surface area (Å²) in [6.07, 6.45) is 11.3. The van der Waals surface area contributed by atoms with Gasteiger partial charge in [0.1, 0.15) is 0 Å². The quantitative estimate of drug-likeness (QED) is 0.729. The SMILES string of the molecule is CCCCCC(C)N1CCC(C2CCCN2)CC1. The molecule has 0 bridgehead atoms. The highest BCUT2D eigenvalue weighted by Crippen LogP contribution is 2.27. The summed E-state index contributed by atoms with van der Waals surface area (Å²) >= 11 is 0. The largest absolute Gasteiger partial charge is 0.314 e. The van der Waals surface area contributed by atoms with Crippen molar-refractivity contribution in [2.45, 2.75) is 77.3 Å². The molecule has 0 saturated carbocycles. The van der Waals surface area contributed by atoms with Gasteiger partial charge in [0.15, 0.2) is 0 Å². The summed E-state index contributed by atoms with van der Waals surface area (Å²) in [5.41, 5.74) is 0. The molecule has 2 unspecified atom stereocenters. The van der Waals surface area contributed by atoms with Gasteiger partial charge >= 0.3 is 0 Å². The van der Waals surface area contributed by atoms with Gasteiger partial charge in [0, 0.05) is 12.1 Å². The van der Waals surface area contributed by atoms with E-state index in [2.05, 4.69) is 24.1 Å². The third-order valence-electron chi connectivity index (χ3n) is 5.09. The van der Waals surface area contributed by atoms with Crippen LogP contribution in [0.25, 0.3) is 0 Å². The van der Waals surface area contributed by atoms with E-state index in [0.29, 0.717) is 0 Å². The van der Waals surface area contributed by atoms with Crippen LogP contribution in [0.1, 0.15) is 65.2 Å². The normalized spacial score (nSPS) is 28.7. The Labute approximate surface area is 114 Å². The Hall–Kier alpha value is -0.0800. The van der Waals surface area contributed by atoms with Gasteiger partial charge in [0.25, 0.3) is 0 Å². The van der Waals surface area contributed by atoms with Crippen LogP contribution in [0.2, 0.25) is 0 Å². The first-order valence-electron chi connectivity index (χ1n) is 8.28. The smallest absolute Gasteiger partial charge is 0.00967 e. The topological polar surface area (TPSA) is 15.3 Å². The van der Waals surface area contributed by atoms with Crippen LogP contribution in [0.4, 0.5) is 0 Å². The van der Waals surface area contributed by atoms with Crippen molar-refractivity contribution in [3.05, 3.63) is 0 Å². The first-order valence-corrected chi connectivity index (χ1v) is 8.28. The summed E-state index contributed by atoms with van der Waals surface area (Å²) in [7, 11) is 0. The number of unbranched alkanes of at least 4 members (excludes halogenated alkanes) is 2. The average molecular weight is 252 g/mol. The van der Waals surface area contributed by atoms with Crippen LogP contribution < -0.4 is 5.32 Å². The summed E-state index contributed by atoms with van der Waals surface area (Å²) in [6.45, 7) is 8.68. The van der Waals surface area contributed by atoms with Crippen molar-refractivity contribution in [1.82, 2.24) is 10.2 Å². The van der Waals surface area contributed by atoms with Crippen LogP contribution in [0, 0.1) is 5.92 Å². The molecule has 2 atom stereocenters. The zero-order valence-corrected chi connectivity index (χ0v) is 12.5. The molecule has 0 aliphatic carbocycles. The minimum Gasteiger partial charge on any atom is -0.314 e. The second kappa shape index (κ2) is 7.49. The Kier molecular flexibility index (Phi) is 5.97. The lowest BCUT2D eigenvalue weighted by atomic mass is 9.88. The molecule has 2 fully saturated rings. The monoisotopic (exact) mass is 252 g/mol. The third kappa shape index (κ3) is 3.96. The Morgan fingerprint density at radius 2 is 1.94 bits per heavy atom. The van der Waals surface area contributed by atoms with E-state index in [4.69, 9.17) is 0 Å². The van der Waals surface area contributed by atoms with E-state index in [9.17, 15) is 0 Å². The van der Waals surface area contributed by atoms with Crippen molar-refractivity contribution < 1.29 is 0 Å². The Bertz CT molecular complexity index is 215. The van der Waals surface area contributed by atoms with Gasteiger partial charge in [-0.2, -0.15) is 0 Å². The van der Waals surface area contributed by atoms with E-state index in [1.54, 1.807) is 0 Å². The molecule has 0 aromatic heterocycles. The highest BCUT2D eigenvalue weighted by atomic mass is 15.2. The van der Waals surface area contributed by atoms with E-state index < -0.39 is 0 Å². The lowest BCUT2D eigenvalue weighted by Gasteiger charge is -2.38. The first-order chi connectivity index (χ1) is 8.81. The lowest BCUT2D eigenvalue weighted by molar-refractivity contribution is 0.120. The maximum atomic E-state index is 3.69. The molecule has 0 spiro atoms. The molecule has 2 rings (SSSR count). The number of nitrogens with zero attached hydrogens (tertiary/aromatic N) is 1. The maximum absolute atomic E-state index is 3.69. The van der Waals surface area contributed by atoms with Crippen LogP contribution in [-0.2, 0) is 0 Å². The maximum Gasteiger partial charge on any atom is 0.00967 e. The van der Waals surface area contributed by atoms with Gasteiger partial charge in [-0.3, -0.25) is 0 Å². The zero-order valence-electron chi connectivity index (χ0n) is 12.5. The highest BCUT2D eigenvalue weighted by molar-refractivity contribution is 4.86. The van der Waals surface area contributed by atoms with Crippen LogP contribution in [0.3, 0.4) is 0 Å². The Morgan fingerprint density at radius 1 is 1.17 bits per heavy atom. The molecule has 2 heteroatoms. The molecule has 106 valence electrons. The summed E-state index contributed by atoms with van der Waals surface area (Å²) < 4.78 is 0. The van der Waals surface area contributed by atoms with Crippen molar-refractivity contribution in [2.24, 2.45) is 5.92 Å². The van der Waals surface area contributed by atoms with Crippen molar-refractivity contribution in [3.63, 3.8) is 0 Å². The summed E-state index contributed by atoms with van der Waals surface area (Å²) in [5.74, 6) is 0.964. The van der Waals surface area contributed by atoms with E-state index >= 15 is 0 Å². The fraction of sp³-hybridized carbons (Fsp3) is 1.00. The van der Waals surface area contributed by atoms with E-state index in [1.165, 1.54) is 71.0 Å². The highest BCUT2D eigenvalue weighted by Gasteiger charge is 2.29. The van der Waals surface area contributed by atoms with Gasteiger partial charge in [0.2, 0.25) is 0 Å². The molecule has 2 aliphatic rings. The first kappa shape index (κ1) is 14.3. The number of hydrogen-bond acceptors (Lipinski definition) is 2. The van der Waals surface area contributed by atoms with Crippen LogP contribution in [0.5, 0.6) is 0 Å². The molecule has 2 nitrogen and oxygen atoms in total. The molecule has 2 heterocycles. The van der Waals surface area contributed by atoms with E-state index in [1.807, 2.05) is 0 Å². The minimum absolute atomic E-state index is 0.814. The number of hydrogen-bond donors (Lipinski definition) is 1. The summed E-state index contributed by atoms with van der Waals surface area (Å²) in [6, 6.07) is 1.66. The predicted octanol–water partition coefficient (Wildman–Crippen LogP) is 3.42. The number of rotatable bonds is 6. The fourth-order valence-corrected chi connectivity index (χ4v) is 3.75. The van der Waals surface area contributed by atoms with Crippen LogP contribution >= 0.6 is 0 Å². The fourth-order valence-electron chi connectivity index (χ4n) is 3.75. The number of nitrogens with one attached hydrogen (secondary N) is 1. The van der Waals surface area contributed by atoms with Gasteiger partial charge in [-0.1, -0.05) is 26.2 Å². The Morgan fingerprint density at radius 3 is 2.56 bits per heavy atom. The van der Waals surface area contributed by atoms with Gasteiger partial charge in [-0.05, 0) is 64.6 Å². The van der Waals surface area contributed by atoms with E-state index in [0.717, 1.165) is 18.0 Å². The molecule has 18 heavy (non-hydrogen) atoms. The second-order valence-corrected chi connectivity index (χ2v) is 6.42. The summed E-state index contributed by atoms with van der Waals surface area (Å²) in [4.78, 5) is 2.74. The standard InChI is InChI=1S/C16H32N2/c1-3-4-5-7-14(2)18-12-9-15(10-13-18)16-8-6-11-17-16/h14-17H,3-13H2,1-2H3. The molecule has 2 saturated heterocycles. The van der Waals surface area contributed by atoms with Crippen molar-refractivity contribution >= 4 is 0 Å². The Balaban J connectivity index is 1.65. The molecule has 0 amide bonds. The van der Waals surface area contributed by atoms with Gasteiger partial charge in [0.05, 0.1) is 0 Å². The molecule has 0 radical (unpaired) electrons. The van der Waals surface area contributed by atoms with Gasteiger partial charge in [-0.15, -0.1) is 0 Å². The third-order valence-corrected chi connectivity index (χ3v) is 5.09. The van der Waals surface area contributed by atoms with Crippen molar-refractivity contribution in [1.29, 1.82) is 0 Å². The number of piperidine rings is 1. The van der Waals surface area contributed by atoms with Crippen LogP contribution in [0.15, 0.2) is 0 Å². The molecule has 2 aliphatic heterocycles. The zero-order chi connectivity index (χ0) is 12.8. The van der Waals surface area contributed by atoms with Crippen molar-refractivity contribution in [2.75, 3.05) is 19.6 Å². The second-order valence-electron chi connectivity index (χ2n) is 6.42. The summed E-state index contributed by atoms with van der Waals surface area (Å²) in [5, 5.41) is 3.69. The molecule has 0 aromatic rings. The number of likely N-dealkylation sites (tertiary alicyclic amines) is 1. The van der Waals surface area contributed by atoms with Gasteiger partial charge < -0.3 is 10.2 Å². The minimum atomic E-state index is 0.814. The van der Waals surface area contributed by atoms with E-state index in [-0.39, 0.29) is 0 Å². The molecular formula is C16H32N2. The van der Waals surface area contributed by atoms with Crippen molar-refractivity contribution in [3.8, 4) is 0 Å². The molecule has 0 aromatic carbocycles. The average Bonchev–Trinajstić information content (AvgIpc) is 2.93.